The Morgan fingerprint density at radius 2 is 1.74 bits per heavy atom. The molecule has 0 spiro atoms. The topological polar surface area (TPSA) is 77.9 Å². The van der Waals surface area contributed by atoms with Gasteiger partial charge in [0.15, 0.2) is 0 Å². The van der Waals surface area contributed by atoms with Gasteiger partial charge >= 0.3 is 5.97 Å². The minimum Gasteiger partial charge on any atom is -0.481 e. The predicted molar refractivity (Wildman–Crippen MR) is 69.4 cm³/mol. The number of nitrogens with zero attached hydrogens (tertiary/aromatic N) is 2. The SMILES string of the molecule is CCN(CC(=O)N(C)C)C(=O)[C@@H]1CC[C@H](C(=O)O)C1. The van der Waals surface area contributed by atoms with Crippen LogP contribution in [0.5, 0.6) is 0 Å². The number of carbonyl (C=O) groups excluding carboxylic acids is 2. The Hall–Kier alpha value is -1.59. The Morgan fingerprint density at radius 1 is 1.16 bits per heavy atom. The fraction of sp³-hybridized carbons (Fsp3) is 0.769. The van der Waals surface area contributed by atoms with E-state index in [1.807, 2.05) is 6.92 Å². The van der Waals surface area contributed by atoms with Gasteiger partial charge in [0.25, 0.3) is 0 Å². The summed E-state index contributed by atoms with van der Waals surface area (Å²) in [7, 11) is 3.30. The molecule has 0 aromatic heterocycles. The predicted octanol–water partition coefficient (Wildman–Crippen LogP) is 0.424. The first-order valence-electron chi connectivity index (χ1n) is 6.58. The van der Waals surface area contributed by atoms with Crippen molar-refractivity contribution in [2.24, 2.45) is 11.8 Å². The number of amides is 2. The third-order valence-electron chi connectivity index (χ3n) is 3.65. The summed E-state index contributed by atoms with van der Waals surface area (Å²) in [6.07, 6.45) is 1.54. The molecule has 1 aliphatic rings. The highest BCUT2D eigenvalue weighted by Crippen LogP contribution is 2.32. The minimum absolute atomic E-state index is 0.0660. The zero-order valence-corrected chi connectivity index (χ0v) is 11.8. The van der Waals surface area contributed by atoms with Crippen molar-refractivity contribution in [1.29, 1.82) is 0 Å². The average molecular weight is 270 g/mol. The molecule has 1 aliphatic carbocycles. The number of aliphatic carboxylic acids is 1. The first-order chi connectivity index (χ1) is 8.86. The lowest BCUT2D eigenvalue weighted by Gasteiger charge is -2.25. The largest absolute Gasteiger partial charge is 0.481 e. The van der Waals surface area contributed by atoms with Crippen LogP contribution in [0.25, 0.3) is 0 Å². The first-order valence-corrected chi connectivity index (χ1v) is 6.58. The lowest BCUT2D eigenvalue weighted by Crippen LogP contribution is -2.42. The summed E-state index contributed by atoms with van der Waals surface area (Å²) in [6, 6.07) is 0. The lowest BCUT2D eigenvalue weighted by atomic mass is 10.0. The standard InChI is InChI=1S/C13H22N2O4/c1-4-15(8-11(16)14(2)3)12(17)9-5-6-10(7-9)13(18)19/h9-10H,4-8H2,1-3H3,(H,18,19)/t9-,10+/m1/s1. The minimum atomic E-state index is -0.831. The summed E-state index contributed by atoms with van der Waals surface area (Å²) in [5.41, 5.74) is 0. The molecule has 0 aromatic rings. The van der Waals surface area contributed by atoms with E-state index in [4.69, 9.17) is 5.11 Å². The Labute approximate surface area is 113 Å². The molecule has 19 heavy (non-hydrogen) atoms. The number of carboxylic acids is 1. The maximum Gasteiger partial charge on any atom is 0.306 e. The molecule has 0 bridgehead atoms. The summed E-state index contributed by atoms with van der Waals surface area (Å²) < 4.78 is 0. The summed E-state index contributed by atoms with van der Waals surface area (Å²) >= 11 is 0. The maximum absolute atomic E-state index is 12.3. The van der Waals surface area contributed by atoms with E-state index in [0.29, 0.717) is 25.8 Å². The van der Waals surface area contributed by atoms with Crippen molar-refractivity contribution in [3.63, 3.8) is 0 Å². The van der Waals surface area contributed by atoms with Gasteiger partial charge < -0.3 is 14.9 Å². The van der Waals surface area contributed by atoms with Crippen molar-refractivity contribution in [1.82, 2.24) is 9.80 Å². The van der Waals surface area contributed by atoms with Gasteiger partial charge in [-0.1, -0.05) is 0 Å². The number of carbonyl (C=O) groups is 3. The molecular weight excluding hydrogens is 248 g/mol. The van der Waals surface area contributed by atoms with Crippen LogP contribution in [0.15, 0.2) is 0 Å². The second kappa shape index (κ2) is 6.54. The normalized spacial score (nSPS) is 22.1. The van der Waals surface area contributed by atoms with Crippen LogP contribution in [0.2, 0.25) is 0 Å². The lowest BCUT2D eigenvalue weighted by molar-refractivity contribution is -0.143. The summed E-state index contributed by atoms with van der Waals surface area (Å²) in [6.45, 7) is 2.35. The van der Waals surface area contributed by atoms with Gasteiger partial charge in [-0.15, -0.1) is 0 Å². The van der Waals surface area contributed by atoms with Gasteiger partial charge in [-0.3, -0.25) is 14.4 Å². The van der Waals surface area contributed by atoms with E-state index in [0.717, 1.165) is 0 Å². The fourth-order valence-corrected chi connectivity index (χ4v) is 2.34. The van der Waals surface area contributed by atoms with Crippen LogP contribution >= 0.6 is 0 Å². The van der Waals surface area contributed by atoms with Crippen molar-refractivity contribution >= 4 is 17.8 Å². The van der Waals surface area contributed by atoms with Crippen molar-refractivity contribution in [2.75, 3.05) is 27.2 Å². The maximum atomic E-state index is 12.3. The monoisotopic (exact) mass is 270 g/mol. The Kier molecular flexibility index (Phi) is 5.32. The Balaban J connectivity index is 2.60. The highest BCUT2D eigenvalue weighted by atomic mass is 16.4. The van der Waals surface area contributed by atoms with Gasteiger partial charge in [0, 0.05) is 26.6 Å². The van der Waals surface area contributed by atoms with Gasteiger partial charge in [-0.2, -0.15) is 0 Å². The summed E-state index contributed by atoms with van der Waals surface area (Å²) in [5, 5.41) is 8.94. The van der Waals surface area contributed by atoms with Gasteiger partial charge in [-0.25, -0.2) is 0 Å². The van der Waals surface area contributed by atoms with Crippen LogP contribution in [0, 0.1) is 11.8 Å². The second-order valence-corrected chi connectivity index (χ2v) is 5.19. The molecule has 2 atom stereocenters. The molecule has 0 unspecified atom stereocenters. The van der Waals surface area contributed by atoms with Gasteiger partial charge in [0.05, 0.1) is 12.5 Å². The van der Waals surface area contributed by atoms with Crippen LogP contribution in [0.4, 0.5) is 0 Å². The molecule has 0 heterocycles. The molecule has 6 heteroatoms. The smallest absolute Gasteiger partial charge is 0.306 e. The van der Waals surface area contributed by atoms with Crippen LogP contribution in [0.3, 0.4) is 0 Å². The van der Waals surface area contributed by atoms with E-state index in [2.05, 4.69) is 0 Å². The third kappa shape index (κ3) is 3.94. The van der Waals surface area contributed by atoms with E-state index in [1.54, 1.807) is 14.1 Å². The number of hydrogen-bond acceptors (Lipinski definition) is 3. The second-order valence-electron chi connectivity index (χ2n) is 5.19. The molecule has 0 radical (unpaired) electrons. The van der Waals surface area contributed by atoms with Crippen molar-refractivity contribution in [3.8, 4) is 0 Å². The Bertz CT molecular complexity index is 368. The third-order valence-corrected chi connectivity index (χ3v) is 3.65. The van der Waals surface area contributed by atoms with Crippen LogP contribution in [0.1, 0.15) is 26.2 Å². The van der Waals surface area contributed by atoms with Crippen LogP contribution in [-0.2, 0) is 14.4 Å². The van der Waals surface area contributed by atoms with E-state index >= 15 is 0 Å². The van der Waals surface area contributed by atoms with E-state index in [1.165, 1.54) is 9.80 Å². The van der Waals surface area contributed by atoms with E-state index in [-0.39, 0.29) is 24.3 Å². The highest BCUT2D eigenvalue weighted by Gasteiger charge is 2.35. The number of hydrogen-bond donors (Lipinski definition) is 1. The van der Waals surface area contributed by atoms with Gasteiger partial charge in [0.2, 0.25) is 11.8 Å². The van der Waals surface area contributed by atoms with Crippen molar-refractivity contribution in [3.05, 3.63) is 0 Å². The molecule has 1 fully saturated rings. The van der Waals surface area contributed by atoms with Crippen LogP contribution in [-0.4, -0.2) is 59.9 Å². The van der Waals surface area contributed by atoms with Crippen molar-refractivity contribution in [2.45, 2.75) is 26.2 Å². The first kappa shape index (κ1) is 15.5. The summed E-state index contributed by atoms with van der Waals surface area (Å²) in [5.74, 6) is -1.72. The van der Waals surface area contributed by atoms with Gasteiger partial charge in [-0.05, 0) is 26.2 Å². The molecule has 2 amide bonds. The Morgan fingerprint density at radius 3 is 2.16 bits per heavy atom. The number of likely N-dealkylation sites (N-methyl/N-ethyl adjacent to an activating group) is 2. The number of carboxylic acid groups (broad SMARTS) is 1. The number of rotatable bonds is 5. The summed E-state index contributed by atoms with van der Waals surface area (Å²) in [4.78, 5) is 37.8. The van der Waals surface area contributed by atoms with E-state index < -0.39 is 11.9 Å². The van der Waals surface area contributed by atoms with Crippen molar-refractivity contribution < 1.29 is 19.5 Å². The molecule has 0 aromatic carbocycles. The molecule has 1 saturated carbocycles. The molecule has 0 aliphatic heterocycles. The molecule has 0 saturated heterocycles. The molecular formula is C13H22N2O4. The zero-order valence-electron chi connectivity index (χ0n) is 11.8. The zero-order chi connectivity index (χ0) is 14.6. The molecule has 1 N–H and O–H groups in total. The highest BCUT2D eigenvalue weighted by molar-refractivity contribution is 5.86. The molecule has 108 valence electrons. The van der Waals surface area contributed by atoms with Crippen LogP contribution < -0.4 is 0 Å². The average Bonchev–Trinajstić information content (AvgIpc) is 2.84. The van der Waals surface area contributed by atoms with Gasteiger partial charge in [0.1, 0.15) is 0 Å². The van der Waals surface area contributed by atoms with E-state index in [9.17, 15) is 14.4 Å². The molecule has 1 rings (SSSR count). The quantitative estimate of drug-likeness (QED) is 0.785. The molecule has 6 nitrogen and oxygen atoms in total. The fourth-order valence-electron chi connectivity index (χ4n) is 2.34.